The van der Waals surface area contributed by atoms with Crippen molar-refractivity contribution in [2.45, 2.75) is 25.4 Å². The lowest BCUT2D eigenvalue weighted by molar-refractivity contribution is -0.231. The van der Waals surface area contributed by atoms with Crippen molar-refractivity contribution in [3.8, 4) is 5.75 Å². The molecule has 1 aliphatic rings. The topological polar surface area (TPSA) is 216 Å². The lowest BCUT2D eigenvalue weighted by atomic mass is 9.84. The SMILES string of the molecule is CC1(C)[C@H](NC(=O)C(=NOCCOc2ccc(C(N)=NCCN=CN)cc2)c2csc(N)n2)C(=O)N1O. The Morgan fingerprint density at radius 1 is 1.30 bits per heavy atom. The first kappa shape index (κ1) is 27.3. The number of β-lactam (4-membered cyclic amide) rings is 1. The molecular formula is C22H29N9O5S. The van der Waals surface area contributed by atoms with E-state index in [0.29, 0.717) is 29.7 Å². The summed E-state index contributed by atoms with van der Waals surface area (Å²) in [4.78, 5) is 42.2. The van der Waals surface area contributed by atoms with Gasteiger partial charge in [0.1, 0.15) is 29.9 Å². The highest BCUT2D eigenvalue weighted by Gasteiger charge is 2.55. The number of amidine groups is 1. The number of nitrogen functional groups attached to an aromatic ring is 1. The van der Waals surface area contributed by atoms with E-state index >= 15 is 0 Å². The van der Waals surface area contributed by atoms with Crippen molar-refractivity contribution in [1.29, 1.82) is 0 Å². The molecule has 1 aromatic carbocycles. The molecule has 0 bridgehead atoms. The standard InChI is InChI=1S/C22H29N9O5S/c1-22(2)17(20(33)31(22)34)29-19(32)16(15-11-37-21(25)28-15)30-36-10-9-35-14-5-3-13(4-6-14)18(24)27-8-7-26-12-23/h3-6,11-12,17,34H,7-10H2,1-2H3,(H2,23,26)(H2,24,27)(H2,25,28)(H,29,32)/t17-/m1/s1. The van der Waals surface area contributed by atoms with Gasteiger partial charge in [-0.3, -0.25) is 24.8 Å². The molecular weight excluding hydrogens is 502 g/mol. The van der Waals surface area contributed by atoms with Crippen LogP contribution in [0.2, 0.25) is 0 Å². The van der Waals surface area contributed by atoms with Gasteiger partial charge >= 0.3 is 0 Å². The van der Waals surface area contributed by atoms with E-state index < -0.39 is 23.4 Å². The fraction of sp³-hybridized carbons (Fsp3) is 0.364. The van der Waals surface area contributed by atoms with Crippen molar-refractivity contribution in [1.82, 2.24) is 15.4 Å². The first-order valence-corrected chi connectivity index (χ1v) is 12.0. The summed E-state index contributed by atoms with van der Waals surface area (Å²) in [5.74, 6) is -0.384. The fourth-order valence-corrected chi connectivity index (χ4v) is 3.77. The molecule has 1 atom stereocenters. The first-order chi connectivity index (χ1) is 17.6. The van der Waals surface area contributed by atoms with Crippen LogP contribution in [0.5, 0.6) is 5.75 Å². The summed E-state index contributed by atoms with van der Waals surface area (Å²) in [5, 5.41) is 18.5. The number of amides is 2. The Labute approximate surface area is 216 Å². The number of thiazole rings is 1. The van der Waals surface area contributed by atoms with E-state index in [9.17, 15) is 14.8 Å². The van der Waals surface area contributed by atoms with Crippen molar-refractivity contribution in [2.24, 2.45) is 26.6 Å². The maximum Gasteiger partial charge on any atom is 0.276 e. The fourth-order valence-electron chi connectivity index (χ4n) is 3.23. The van der Waals surface area contributed by atoms with E-state index in [1.165, 1.54) is 6.34 Å². The van der Waals surface area contributed by atoms with E-state index in [1.807, 2.05) is 0 Å². The summed E-state index contributed by atoms with van der Waals surface area (Å²) >= 11 is 1.12. The van der Waals surface area contributed by atoms with Gasteiger partial charge < -0.3 is 32.1 Å². The number of nitrogens with zero attached hydrogens (tertiary/aromatic N) is 5. The van der Waals surface area contributed by atoms with Crippen LogP contribution in [0.1, 0.15) is 25.1 Å². The molecule has 198 valence electrons. The number of hydrogen-bond donors (Lipinski definition) is 5. The zero-order valence-electron chi connectivity index (χ0n) is 20.3. The highest BCUT2D eigenvalue weighted by atomic mass is 32.1. The number of carbonyl (C=O) groups excluding carboxylic acids is 2. The van der Waals surface area contributed by atoms with Crippen LogP contribution in [0, 0.1) is 0 Å². The number of hydroxylamine groups is 2. The van der Waals surface area contributed by atoms with Gasteiger partial charge in [0, 0.05) is 10.9 Å². The Morgan fingerprint density at radius 2 is 2.03 bits per heavy atom. The number of aliphatic imine (C=N–C) groups is 2. The van der Waals surface area contributed by atoms with Gasteiger partial charge in [-0.15, -0.1) is 11.3 Å². The number of oxime groups is 1. The number of ether oxygens (including phenoxy) is 1. The average Bonchev–Trinajstić information content (AvgIpc) is 3.32. The van der Waals surface area contributed by atoms with Gasteiger partial charge in [-0.1, -0.05) is 5.16 Å². The van der Waals surface area contributed by atoms with Crippen molar-refractivity contribution in [3.05, 3.63) is 40.9 Å². The molecule has 2 heterocycles. The van der Waals surface area contributed by atoms with Crippen LogP contribution < -0.4 is 27.3 Å². The van der Waals surface area contributed by atoms with Crippen LogP contribution >= 0.6 is 11.3 Å². The third kappa shape index (κ3) is 6.71. The van der Waals surface area contributed by atoms with Crippen LogP contribution in [0.4, 0.5) is 5.13 Å². The molecule has 1 fully saturated rings. The minimum atomic E-state index is -0.973. The van der Waals surface area contributed by atoms with Crippen LogP contribution in [0.15, 0.2) is 44.8 Å². The number of carbonyl (C=O) groups is 2. The number of nitrogens with two attached hydrogens (primary N) is 3. The van der Waals surface area contributed by atoms with Crippen molar-refractivity contribution in [3.63, 3.8) is 0 Å². The summed E-state index contributed by atoms with van der Waals surface area (Å²) in [6.07, 6.45) is 1.22. The molecule has 0 radical (unpaired) electrons. The molecule has 0 aliphatic carbocycles. The van der Waals surface area contributed by atoms with Gasteiger partial charge in [0.05, 0.1) is 25.0 Å². The monoisotopic (exact) mass is 531 g/mol. The lowest BCUT2D eigenvalue weighted by Gasteiger charge is -2.49. The molecule has 2 aromatic rings. The zero-order valence-corrected chi connectivity index (χ0v) is 21.1. The van der Waals surface area contributed by atoms with Gasteiger partial charge in [0.15, 0.2) is 17.5 Å². The maximum atomic E-state index is 12.9. The molecule has 1 aromatic heterocycles. The van der Waals surface area contributed by atoms with Gasteiger partial charge in [-0.05, 0) is 38.1 Å². The van der Waals surface area contributed by atoms with Crippen molar-refractivity contribution in [2.75, 3.05) is 32.0 Å². The van der Waals surface area contributed by atoms with Gasteiger partial charge in [0.25, 0.3) is 11.8 Å². The Hall–Kier alpha value is -4.24. The molecule has 1 aliphatic heterocycles. The quantitative estimate of drug-likeness (QED) is 0.0606. The second-order valence-electron chi connectivity index (χ2n) is 8.25. The predicted molar refractivity (Wildman–Crippen MR) is 139 cm³/mol. The van der Waals surface area contributed by atoms with Crippen molar-refractivity contribution < 1.29 is 24.4 Å². The van der Waals surface area contributed by atoms with E-state index in [2.05, 4.69) is 25.4 Å². The predicted octanol–water partition coefficient (Wildman–Crippen LogP) is -0.288. The normalized spacial score (nSPS) is 17.5. The lowest BCUT2D eigenvalue weighted by Crippen LogP contribution is -2.75. The number of anilines is 1. The highest BCUT2D eigenvalue weighted by Crippen LogP contribution is 2.29. The first-order valence-electron chi connectivity index (χ1n) is 11.1. The third-order valence-corrected chi connectivity index (χ3v) is 6.00. The number of benzene rings is 1. The second-order valence-corrected chi connectivity index (χ2v) is 9.14. The summed E-state index contributed by atoms with van der Waals surface area (Å²) in [6, 6.07) is 6.07. The maximum absolute atomic E-state index is 12.9. The van der Waals surface area contributed by atoms with E-state index in [4.69, 9.17) is 26.8 Å². The number of aromatic nitrogens is 1. The molecule has 2 amide bonds. The molecule has 0 saturated carbocycles. The molecule has 1 saturated heterocycles. The summed E-state index contributed by atoms with van der Waals surface area (Å²) in [5.41, 5.74) is 16.6. The third-order valence-electron chi connectivity index (χ3n) is 5.33. The summed E-state index contributed by atoms with van der Waals surface area (Å²) < 4.78 is 5.63. The summed E-state index contributed by atoms with van der Waals surface area (Å²) in [6.45, 7) is 4.25. The number of nitrogens with one attached hydrogen (secondary N) is 1. The zero-order chi connectivity index (χ0) is 27.0. The van der Waals surface area contributed by atoms with Crippen LogP contribution in [0.3, 0.4) is 0 Å². The minimum absolute atomic E-state index is 0.0156. The van der Waals surface area contributed by atoms with Gasteiger partial charge in [-0.25, -0.2) is 10.0 Å². The van der Waals surface area contributed by atoms with Gasteiger partial charge in [-0.2, -0.15) is 0 Å². The highest BCUT2D eigenvalue weighted by molar-refractivity contribution is 7.13. The molecule has 37 heavy (non-hydrogen) atoms. The number of rotatable bonds is 12. The van der Waals surface area contributed by atoms with E-state index in [-0.39, 0.29) is 29.8 Å². The summed E-state index contributed by atoms with van der Waals surface area (Å²) in [7, 11) is 0. The van der Waals surface area contributed by atoms with E-state index in [1.54, 1.807) is 43.5 Å². The Bertz CT molecular complexity index is 1190. The minimum Gasteiger partial charge on any atom is -0.490 e. The molecule has 15 heteroatoms. The Balaban J connectivity index is 1.55. The Kier molecular flexibility index (Phi) is 8.97. The van der Waals surface area contributed by atoms with Crippen LogP contribution in [0.25, 0.3) is 0 Å². The molecule has 8 N–H and O–H groups in total. The largest absolute Gasteiger partial charge is 0.490 e. The number of hydrogen-bond acceptors (Lipinski definition) is 11. The average molecular weight is 532 g/mol. The molecule has 14 nitrogen and oxygen atoms in total. The molecule has 0 spiro atoms. The van der Waals surface area contributed by atoms with Crippen LogP contribution in [-0.4, -0.2) is 82.8 Å². The Morgan fingerprint density at radius 3 is 2.65 bits per heavy atom. The van der Waals surface area contributed by atoms with Crippen LogP contribution in [-0.2, 0) is 14.4 Å². The molecule has 3 rings (SSSR count). The van der Waals surface area contributed by atoms with Crippen molar-refractivity contribution >= 4 is 46.2 Å². The van der Waals surface area contributed by atoms with Gasteiger partial charge in [0.2, 0.25) is 0 Å². The van der Waals surface area contributed by atoms with E-state index in [0.717, 1.165) is 16.9 Å². The smallest absolute Gasteiger partial charge is 0.276 e. The second kappa shape index (κ2) is 12.1. The molecule has 0 unspecified atom stereocenters.